The summed E-state index contributed by atoms with van der Waals surface area (Å²) in [6, 6.07) is 4.51. The Bertz CT molecular complexity index is 1680. The molecular weight excluding hydrogens is 579 g/mol. The molecule has 1 fully saturated rings. The average molecular weight is 608 g/mol. The number of ether oxygens (including phenoxy) is 1. The molecule has 4 amide bonds. The number of carbonyl (C=O) groups is 4. The van der Waals surface area contributed by atoms with E-state index in [9.17, 15) is 41.9 Å². The van der Waals surface area contributed by atoms with E-state index < -0.39 is 53.7 Å². The first kappa shape index (κ1) is 31.0. The van der Waals surface area contributed by atoms with Crippen LogP contribution in [0.25, 0.3) is 22.6 Å². The Morgan fingerprint density at radius 3 is 2.33 bits per heavy atom. The molecule has 2 aromatic heterocycles. The minimum atomic E-state index is -5.22. The van der Waals surface area contributed by atoms with E-state index in [1.165, 1.54) is 26.6 Å². The lowest BCUT2D eigenvalue weighted by molar-refractivity contribution is -0.176. The Morgan fingerprint density at radius 1 is 1.05 bits per heavy atom. The van der Waals surface area contributed by atoms with Crippen LogP contribution in [0.2, 0.25) is 0 Å². The number of aromatic nitrogens is 4. The van der Waals surface area contributed by atoms with Crippen molar-refractivity contribution in [2.45, 2.75) is 64.8 Å². The Morgan fingerprint density at radius 2 is 1.70 bits per heavy atom. The van der Waals surface area contributed by atoms with Gasteiger partial charge in [0.25, 0.3) is 17.4 Å². The molecule has 4 rings (SSSR count). The molecule has 1 atom stereocenters. The largest absolute Gasteiger partial charge is 0.484 e. The van der Waals surface area contributed by atoms with Gasteiger partial charge >= 0.3 is 17.8 Å². The van der Waals surface area contributed by atoms with Crippen LogP contribution in [0.1, 0.15) is 39.5 Å². The van der Waals surface area contributed by atoms with Gasteiger partial charge in [-0.3, -0.25) is 38.5 Å². The van der Waals surface area contributed by atoms with E-state index in [-0.39, 0.29) is 41.3 Å². The Balaban J connectivity index is 1.43. The number of benzene rings is 1. The molecule has 3 aromatic rings. The number of nitrogens with zero attached hydrogens (tertiary/aromatic N) is 4. The second-order valence-electron chi connectivity index (χ2n) is 9.65. The summed E-state index contributed by atoms with van der Waals surface area (Å²) < 4.78 is 45.6. The number of rotatable bonds is 10. The molecule has 0 saturated carbocycles. The minimum Gasteiger partial charge on any atom is -0.484 e. The van der Waals surface area contributed by atoms with Crippen molar-refractivity contribution < 1.29 is 37.1 Å². The van der Waals surface area contributed by atoms with Crippen molar-refractivity contribution in [1.82, 2.24) is 34.9 Å². The number of fused-ring (bicyclic) bond motifs is 1. The SMILES string of the molecule is CCCn1c(=O)c2[nH]c(-c3ccc(OCC(=O)NN4C(=O)CC[C@H](NC(=O)C(F)(F)F)C4=O)cc3)nc2n(CCC)c1=O. The lowest BCUT2D eigenvalue weighted by Gasteiger charge is -2.30. The second kappa shape index (κ2) is 12.5. The molecule has 17 heteroatoms. The molecule has 1 aliphatic heterocycles. The third-order valence-corrected chi connectivity index (χ3v) is 6.47. The summed E-state index contributed by atoms with van der Waals surface area (Å²) in [4.78, 5) is 81.3. The Labute approximate surface area is 240 Å². The number of amides is 4. The molecule has 230 valence electrons. The quantitative estimate of drug-likeness (QED) is 0.286. The van der Waals surface area contributed by atoms with Crippen molar-refractivity contribution >= 4 is 34.8 Å². The highest BCUT2D eigenvalue weighted by atomic mass is 19.4. The molecule has 3 N–H and O–H groups in total. The van der Waals surface area contributed by atoms with Crippen LogP contribution in [-0.2, 0) is 32.3 Å². The number of alkyl halides is 3. The zero-order valence-corrected chi connectivity index (χ0v) is 23.1. The number of piperidine rings is 1. The van der Waals surface area contributed by atoms with Gasteiger partial charge < -0.3 is 15.0 Å². The maximum atomic E-state index is 12.9. The summed E-state index contributed by atoms with van der Waals surface area (Å²) in [5, 5.41) is 1.77. The molecule has 1 saturated heterocycles. The number of imide groups is 1. The van der Waals surface area contributed by atoms with Crippen LogP contribution in [-0.4, -0.2) is 66.6 Å². The van der Waals surface area contributed by atoms with Gasteiger partial charge in [0.15, 0.2) is 12.3 Å². The lowest BCUT2D eigenvalue weighted by atomic mass is 10.1. The summed E-state index contributed by atoms with van der Waals surface area (Å²) >= 11 is 0. The fourth-order valence-corrected chi connectivity index (χ4v) is 4.44. The Hall–Kier alpha value is -4.96. The third-order valence-electron chi connectivity index (χ3n) is 6.47. The highest BCUT2D eigenvalue weighted by Crippen LogP contribution is 2.22. The minimum absolute atomic E-state index is 0.190. The zero-order chi connectivity index (χ0) is 31.5. The van der Waals surface area contributed by atoms with Crippen molar-refractivity contribution in [3.8, 4) is 17.1 Å². The van der Waals surface area contributed by atoms with Gasteiger partial charge in [0, 0.05) is 25.1 Å². The maximum absolute atomic E-state index is 12.9. The van der Waals surface area contributed by atoms with Gasteiger partial charge in [0.05, 0.1) is 0 Å². The number of nitrogens with one attached hydrogen (secondary N) is 3. The first-order valence-corrected chi connectivity index (χ1v) is 13.4. The van der Waals surface area contributed by atoms with E-state index in [4.69, 9.17) is 4.74 Å². The van der Waals surface area contributed by atoms with E-state index in [0.717, 1.165) is 0 Å². The van der Waals surface area contributed by atoms with Crippen molar-refractivity contribution in [3.05, 3.63) is 45.1 Å². The first-order valence-electron chi connectivity index (χ1n) is 13.4. The van der Waals surface area contributed by atoms with Crippen LogP contribution in [0.4, 0.5) is 13.2 Å². The summed E-state index contributed by atoms with van der Waals surface area (Å²) in [5.74, 6) is -4.85. The molecule has 0 bridgehead atoms. The fraction of sp³-hybridized carbons (Fsp3) is 0.423. The molecule has 1 aliphatic rings. The predicted molar refractivity (Wildman–Crippen MR) is 143 cm³/mol. The van der Waals surface area contributed by atoms with E-state index in [1.807, 2.05) is 19.3 Å². The standard InChI is InChI=1S/C26H28F3N7O7/c1-3-11-34-21-19(23(40)35(12-4-2)25(34)42)31-20(32-21)14-5-7-15(8-6-14)43-13-17(37)33-36-18(38)10-9-16(22(36)39)30-24(41)26(27,28)29/h5-8,16H,3-4,9-13H2,1-2H3,(H,30,41)(H,31,32)(H,33,37)/t16-/m0/s1. The van der Waals surface area contributed by atoms with Crippen LogP contribution in [0.5, 0.6) is 5.75 Å². The maximum Gasteiger partial charge on any atom is 0.471 e. The molecule has 14 nitrogen and oxygen atoms in total. The highest BCUT2D eigenvalue weighted by Gasteiger charge is 2.43. The molecule has 0 spiro atoms. The van der Waals surface area contributed by atoms with Crippen LogP contribution in [0.3, 0.4) is 0 Å². The van der Waals surface area contributed by atoms with Gasteiger partial charge in [-0.1, -0.05) is 13.8 Å². The second-order valence-corrected chi connectivity index (χ2v) is 9.65. The number of hydrazine groups is 1. The van der Waals surface area contributed by atoms with Crippen molar-refractivity contribution in [2.75, 3.05) is 6.61 Å². The van der Waals surface area contributed by atoms with E-state index in [2.05, 4.69) is 9.97 Å². The number of aryl methyl sites for hydroxylation is 1. The van der Waals surface area contributed by atoms with Gasteiger partial charge in [-0.15, -0.1) is 0 Å². The van der Waals surface area contributed by atoms with Crippen LogP contribution < -0.4 is 26.7 Å². The number of imidazole rings is 1. The fourth-order valence-electron chi connectivity index (χ4n) is 4.44. The predicted octanol–water partition coefficient (Wildman–Crippen LogP) is 0.979. The normalized spacial score (nSPS) is 15.6. The average Bonchev–Trinajstić information content (AvgIpc) is 3.41. The molecule has 0 aliphatic carbocycles. The molecule has 0 unspecified atom stereocenters. The summed E-state index contributed by atoms with van der Waals surface area (Å²) in [7, 11) is 0. The van der Waals surface area contributed by atoms with Crippen LogP contribution in [0, 0.1) is 0 Å². The van der Waals surface area contributed by atoms with Gasteiger partial charge in [-0.05, 0) is 43.5 Å². The molecule has 1 aromatic carbocycles. The van der Waals surface area contributed by atoms with Crippen molar-refractivity contribution in [2.24, 2.45) is 0 Å². The molecule has 3 heterocycles. The third kappa shape index (κ3) is 6.60. The van der Waals surface area contributed by atoms with E-state index >= 15 is 0 Å². The first-order chi connectivity index (χ1) is 20.3. The number of hydrogen-bond donors (Lipinski definition) is 3. The number of carbonyl (C=O) groups excluding carboxylic acids is 4. The van der Waals surface area contributed by atoms with Gasteiger partial charge in [0.2, 0.25) is 5.91 Å². The monoisotopic (exact) mass is 607 g/mol. The van der Waals surface area contributed by atoms with Crippen molar-refractivity contribution in [3.63, 3.8) is 0 Å². The topological polar surface area (TPSA) is 177 Å². The zero-order valence-electron chi connectivity index (χ0n) is 23.1. The van der Waals surface area contributed by atoms with E-state index in [1.54, 1.807) is 12.1 Å². The lowest BCUT2D eigenvalue weighted by Crippen LogP contribution is -2.61. The number of halogens is 3. The Kier molecular flexibility index (Phi) is 9.01. The summed E-state index contributed by atoms with van der Waals surface area (Å²) in [6.45, 7) is 3.73. The smallest absolute Gasteiger partial charge is 0.471 e. The van der Waals surface area contributed by atoms with Gasteiger partial charge in [-0.2, -0.15) is 18.2 Å². The van der Waals surface area contributed by atoms with Gasteiger partial charge in [-0.25, -0.2) is 9.78 Å². The van der Waals surface area contributed by atoms with Crippen LogP contribution in [0.15, 0.2) is 33.9 Å². The highest BCUT2D eigenvalue weighted by molar-refractivity contribution is 6.03. The summed E-state index contributed by atoms with van der Waals surface area (Å²) in [6.07, 6.45) is -4.72. The molecule has 43 heavy (non-hydrogen) atoms. The molecular formula is C26H28F3N7O7. The van der Waals surface area contributed by atoms with E-state index in [0.29, 0.717) is 30.8 Å². The number of hydrogen-bond acceptors (Lipinski definition) is 8. The number of H-pyrrole nitrogens is 1. The number of aromatic amines is 1. The van der Waals surface area contributed by atoms with Crippen LogP contribution >= 0.6 is 0 Å². The van der Waals surface area contributed by atoms with Gasteiger partial charge in [0.1, 0.15) is 23.1 Å². The van der Waals surface area contributed by atoms with Crippen molar-refractivity contribution in [1.29, 1.82) is 0 Å². The summed E-state index contributed by atoms with van der Waals surface area (Å²) in [5.41, 5.74) is 2.04. The molecule has 0 radical (unpaired) electrons.